The largest absolute Gasteiger partial charge is 0.491 e. The van der Waals surface area contributed by atoms with Crippen molar-refractivity contribution < 1.29 is 17.9 Å². The molecule has 0 spiro atoms. The van der Waals surface area contributed by atoms with Crippen LogP contribution in [0, 0.1) is 6.92 Å². The summed E-state index contributed by atoms with van der Waals surface area (Å²) in [4.78, 5) is 26.5. The zero-order valence-corrected chi connectivity index (χ0v) is 16.1. The van der Waals surface area contributed by atoms with Crippen molar-refractivity contribution in [1.29, 1.82) is 0 Å². The molecule has 1 amide bonds. The molecule has 0 saturated carbocycles. The Balaban J connectivity index is 1.94. The number of amides is 1. The van der Waals surface area contributed by atoms with Crippen LogP contribution in [0.3, 0.4) is 0 Å². The van der Waals surface area contributed by atoms with Gasteiger partial charge in [0, 0.05) is 18.0 Å². The zero-order chi connectivity index (χ0) is 19.6. The fourth-order valence-corrected chi connectivity index (χ4v) is 5.12. The van der Waals surface area contributed by atoms with E-state index >= 15 is 0 Å². The Labute approximate surface area is 158 Å². The summed E-state index contributed by atoms with van der Waals surface area (Å²) in [7, 11) is -1.73. The number of rotatable bonds is 5. The van der Waals surface area contributed by atoms with Gasteiger partial charge in [0.1, 0.15) is 6.54 Å². The minimum atomic E-state index is -3.14. The number of methoxy groups -OCH3 is 1. The number of para-hydroxylation sites is 1. The maximum atomic E-state index is 13.1. The highest BCUT2D eigenvalue weighted by Crippen LogP contribution is 2.25. The Morgan fingerprint density at radius 1 is 1.26 bits per heavy atom. The molecule has 7 nitrogen and oxygen atoms in total. The Bertz CT molecular complexity index is 999. The van der Waals surface area contributed by atoms with Gasteiger partial charge in [-0.05, 0) is 25.5 Å². The van der Waals surface area contributed by atoms with Crippen LogP contribution in [0.15, 0.2) is 47.4 Å². The minimum Gasteiger partial charge on any atom is -0.491 e. The highest BCUT2D eigenvalue weighted by molar-refractivity contribution is 7.91. The van der Waals surface area contributed by atoms with E-state index in [1.54, 1.807) is 34.7 Å². The van der Waals surface area contributed by atoms with Crippen LogP contribution >= 0.6 is 0 Å². The number of hydrogen-bond donors (Lipinski definition) is 0. The van der Waals surface area contributed by atoms with Crippen LogP contribution in [-0.2, 0) is 21.2 Å². The normalized spacial score (nSPS) is 18.2. The lowest BCUT2D eigenvalue weighted by Gasteiger charge is -2.29. The van der Waals surface area contributed by atoms with Crippen LogP contribution in [0.2, 0.25) is 0 Å². The van der Waals surface area contributed by atoms with E-state index in [0.717, 1.165) is 0 Å². The molecule has 1 fully saturated rings. The topological polar surface area (TPSA) is 85.7 Å². The summed E-state index contributed by atoms with van der Waals surface area (Å²) in [6.07, 6.45) is 1.96. The highest BCUT2D eigenvalue weighted by Gasteiger charge is 2.35. The quantitative estimate of drug-likeness (QED) is 0.770. The second kappa shape index (κ2) is 7.56. The predicted molar refractivity (Wildman–Crippen MR) is 103 cm³/mol. The van der Waals surface area contributed by atoms with Gasteiger partial charge in [0.2, 0.25) is 11.3 Å². The maximum Gasteiger partial charge on any atom is 0.247 e. The van der Waals surface area contributed by atoms with Crippen molar-refractivity contribution in [2.75, 3.05) is 23.5 Å². The van der Waals surface area contributed by atoms with Crippen molar-refractivity contribution in [3.63, 3.8) is 0 Å². The number of carbonyl (C=O) groups excluding carboxylic acids is 1. The molecule has 8 heteroatoms. The molecule has 27 heavy (non-hydrogen) atoms. The average molecular weight is 390 g/mol. The molecule has 0 unspecified atom stereocenters. The third-order valence-corrected chi connectivity index (χ3v) is 6.53. The maximum absolute atomic E-state index is 13.1. The predicted octanol–water partition coefficient (Wildman–Crippen LogP) is 1.39. The summed E-state index contributed by atoms with van der Waals surface area (Å²) in [5.41, 5.74) is 0.959. The number of aromatic nitrogens is 1. The molecule has 1 aliphatic heterocycles. The second-order valence-corrected chi connectivity index (χ2v) is 8.81. The first-order valence-corrected chi connectivity index (χ1v) is 10.5. The second-order valence-electron chi connectivity index (χ2n) is 6.58. The summed E-state index contributed by atoms with van der Waals surface area (Å²) in [5.74, 6) is -0.00342. The van der Waals surface area contributed by atoms with Crippen LogP contribution in [0.5, 0.6) is 5.75 Å². The van der Waals surface area contributed by atoms with Crippen molar-refractivity contribution in [2.24, 2.45) is 0 Å². The van der Waals surface area contributed by atoms with Gasteiger partial charge in [-0.25, -0.2) is 8.42 Å². The van der Waals surface area contributed by atoms with Gasteiger partial charge in [-0.3, -0.25) is 9.59 Å². The first kappa shape index (κ1) is 19.2. The SMILES string of the molecule is COc1c(C)n(CC(=O)N(c2ccccc2)[C@@H]2CCS(=O)(=O)C2)ccc1=O. The number of ether oxygens (including phenoxy) is 1. The van der Waals surface area contributed by atoms with E-state index in [4.69, 9.17) is 4.74 Å². The van der Waals surface area contributed by atoms with Crippen molar-refractivity contribution in [3.05, 3.63) is 58.5 Å². The molecular weight excluding hydrogens is 368 g/mol. The van der Waals surface area contributed by atoms with Gasteiger partial charge in [-0.2, -0.15) is 0 Å². The van der Waals surface area contributed by atoms with Crippen molar-refractivity contribution in [3.8, 4) is 5.75 Å². The minimum absolute atomic E-state index is 0.0199. The molecule has 0 aliphatic carbocycles. The van der Waals surface area contributed by atoms with E-state index in [2.05, 4.69) is 0 Å². The number of benzene rings is 1. The molecule has 0 N–H and O–H groups in total. The number of carbonyl (C=O) groups is 1. The molecule has 2 aromatic rings. The molecule has 144 valence electrons. The lowest BCUT2D eigenvalue weighted by atomic mass is 10.1. The van der Waals surface area contributed by atoms with Gasteiger partial charge in [-0.15, -0.1) is 0 Å². The van der Waals surface area contributed by atoms with Gasteiger partial charge in [0.05, 0.1) is 30.4 Å². The lowest BCUT2D eigenvalue weighted by molar-refractivity contribution is -0.119. The first-order chi connectivity index (χ1) is 12.8. The molecule has 3 rings (SSSR count). The van der Waals surface area contributed by atoms with Crippen LogP contribution in [0.1, 0.15) is 12.1 Å². The van der Waals surface area contributed by atoms with Gasteiger partial charge in [0.25, 0.3) is 0 Å². The third-order valence-electron chi connectivity index (χ3n) is 4.78. The van der Waals surface area contributed by atoms with Crippen LogP contribution in [0.25, 0.3) is 0 Å². The van der Waals surface area contributed by atoms with E-state index < -0.39 is 15.9 Å². The van der Waals surface area contributed by atoms with Gasteiger partial charge >= 0.3 is 0 Å². The van der Waals surface area contributed by atoms with E-state index in [9.17, 15) is 18.0 Å². The van der Waals surface area contributed by atoms with E-state index in [-0.39, 0.29) is 35.1 Å². The van der Waals surface area contributed by atoms with Crippen LogP contribution in [0.4, 0.5) is 5.69 Å². The molecule has 1 saturated heterocycles. The monoisotopic (exact) mass is 390 g/mol. The highest BCUT2D eigenvalue weighted by atomic mass is 32.2. The third kappa shape index (κ3) is 4.05. The standard InChI is InChI=1S/C19H22N2O5S/c1-14-19(26-2)17(22)8-10-20(14)12-18(23)21(15-6-4-3-5-7-15)16-9-11-27(24,25)13-16/h3-8,10,16H,9,11-13H2,1-2H3/t16-/m1/s1. The van der Waals surface area contributed by atoms with Crippen LogP contribution < -0.4 is 15.1 Å². The molecule has 1 aliphatic rings. The Hall–Kier alpha value is -2.61. The van der Waals surface area contributed by atoms with E-state index in [1.165, 1.54) is 13.2 Å². The summed E-state index contributed by atoms with van der Waals surface area (Å²) in [5, 5.41) is 0. The number of nitrogens with zero attached hydrogens (tertiary/aromatic N) is 2. The summed E-state index contributed by atoms with van der Waals surface area (Å²) in [6.45, 7) is 1.69. The van der Waals surface area contributed by atoms with E-state index in [1.807, 2.05) is 18.2 Å². The fraction of sp³-hybridized carbons (Fsp3) is 0.368. The van der Waals surface area contributed by atoms with Crippen molar-refractivity contribution in [2.45, 2.75) is 25.9 Å². The number of anilines is 1. The van der Waals surface area contributed by atoms with Gasteiger partial charge < -0.3 is 14.2 Å². The molecule has 2 heterocycles. The van der Waals surface area contributed by atoms with Crippen LogP contribution in [-0.4, -0.2) is 43.5 Å². The Kier molecular flexibility index (Phi) is 5.36. The number of sulfone groups is 1. The van der Waals surface area contributed by atoms with Gasteiger partial charge in [-0.1, -0.05) is 18.2 Å². The summed E-state index contributed by atoms with van der Waals surface area (Å²) >= 11 is 0. The Morgan fingerprint density at radius 2 is 1.96 bits per heavy atom. The lowest BCUT2D eigenvalue weighted by Crippen LogP contribution is -2.43. The van der Waals surface area contributed by atoms with Gasteiger partial charge in [0.15, 0.2) is 15.6 Å². The zero-order valence-electron chi connectivity index (χ0n) is 15.3. The molecule has 0 bridgehead atoms. The first-order valence-electron chi connectivity index (χ1n) is 8.64. The molecular formula is C19H22N2O5S. The molecule has 1 atom stereocenters. The molecule has 0 radical (unpaired) electrons. The Morgan fingerprint density at radius 3 is 2.56 bits per heavy atom. The molecule has 1 aromatic heterocycles. The van der Waals surface area contributed by atoms with E-state index in [0.29, 0.717) is 17.8 Å². The summed E-state index contributed by atoms with van der Waals surface area (Å²) in [6, 6.07) is 10.0. The van der Waals surface area contributed by atoms with Crippen molar-refractivity contribution >= 4 is 21.4 Å². The van der Waals surface area contributed by atoms with Crippen molar-refractivity contribution in [1.82, 2.24) is 4.57 Å². The fourth-order valence-electron chi connectivity index (χ4n) is 3.42. The summed E-state index contributed by atoms with van der Waals surface area (Å²) < 4.78 is 30.7. The average Bonchev–Trinajstić information content (AvgIpc) is 2.98. The smallest absolute Gasteiger partial charge is 0.247 e. The number of pyridine rings is 1. The molecule has 1 aromatic carbocycles. The number of hydrogen-bond acceptors (Lipinski definition) is 5.